The van der Waals surface area contributed by atoms with Gasteiger partial charge in [-0.25, -0.2) is 4.98 Å². The molecule has 2 aromatic rings. The van der Waals surface area contributed by atoms with Gasteiger partial charge in [0.05, 0.1) is 0 Å². The van der Waals surface area contributed by atoms with E-state index in [1.807, 2.05) is 32.9 Å². The van der Waals surface area contributed by atoms with Gasteiger partial charge in [-0.05, 0) is 19.1 Å². The van der Waals surface area contributed by atoms with Crippen LogP contribution in [0, 0.1) is 6.92 Å². The molecule has 1 heterocycles. The Morgan fingerprint density at radius 1 is 1.24 bits per heavy atom. The van der Waals surface area contributed by atoms with Gasteiger partial charge in [-0.1, -0.05) is 31.5 Å². The molecule has 4 heteroatoms. The van der Waals surface area contributed by atoms with Crippen molar-refractivity contribution in [3.05, 3.63) is 47.8 Å². The molecule has 0 aliphatic carbocycles. The van der Waals surface area contributed by atoms with Gasteiger partial charge in [0.15, 0.2) is 0 Å². The predicted octanol–water partition coefficient (Wildman–Crippen LogP) is 3.00. The minimum absolute atomic E-state index is 0.162. The molecule has 0 bridgehead atoms. The number of hydrogen-bond donors (Lipinski definition) is 2. The predicted molar refractivity (Wildman–Crippen MR) is 69.1 cm³/mol. The zero-order valence-corrected chi connectivity index (χ0v) is 10.3. The van der Waals surface area contributed by atoms with Crippen molar-refractivity contribution >= 4 is 11.9 Å². The Morgan fingerprint density at radius 3 is 2.41 bits per heavy atom. The molecule has 1 amide bonds. The number of aromatic nitrogens is 2. The number of aromatic amines is 1. The van der Waals surface area contributed by atoms with E-state index in [2.05, 4.69) is 15.3 Å². The van der Waals surface area contributed by atoms with Crippen molar-refractivity contribution in [2.75, 3.05) is 5.32 Å². The van der Waals surface area contributed by atoms with Crippen LogP contribution in [-0.4, -0.2) is 15.9 Å². The maximum Gasteiger partial charge on any atom is 0.257 e. The van der Waals surface area contributed by atoms with Gasteiger partial charge >= 0.3 is 0 Å². The number of benzene rings is 1. The minimum Gasteiger partial charge on any atom is -0.331 e. The summed E-state index contributed by atoms with van der Waals surface area (Å²) in [6.45, 7) is 5.98. The van der Waals surface area contributed by atoms with Crippen LogP contribution >= 0.6 is 0 Å². The molecule has 0 unspecified atom stereocenters. The third-order valence-corrected chi connectivity index (χ3v) is 2.04. The molecular weight excluding hydrogens is 214 g/mol. The molecule has 0 aliphatic heterocycles. The molecule has 0 aliphatic rings. The fraction of sp³-hybridized carbons (Fsp3) is 0.231. The number of imidazole rings is 1. The molecular formula is C13H17N3O. The van der Waals surface area contributed by atoms with Gasteiger partial charge in [0.2, 0.25) is 5.95 Å². The zero-order chi connectivity index (χ0) is 12.7. The molecule has 0 saturated heterocycles. The standard InChI is InChI=1S/C11H11N3O.C2H6/c1-8-2-4-9(5-3-8)10(15)14-11-12-6-7-13-11;1-2/h2-7H,1H3,(H2,12,13,14,15);1-2H3. The molecule has 2 rings (SSSR count). The lowest BCUT2D eigenvalue weighted by atomic mass is 10.1. The monoisotopic (exact) mass is 231 g/mol. The number of nitrogens with one attached hydrogen (secondary N) is 2. The SMILES string of the molecule is CC.Cc1ccc(C(=O)Nc2ncc[nH]2)cc1. The molecule has 90 valence electrons. The van der Waals surface area contributed by atoms with Crippen molar-refractivity contribution < 1.29 is 4.79 Å². The van der Waals surface area contributed by atoms with Crippen LogP contribution in [0.1, 0.15) is 29.8 Å². The second kappa shape index (κ2) is 6.48. The summed E-state index contributed by atoms with van der Waals surface area (Å²) in [4.78, 5) is 18.4. The van der Waals surface area contributed by atoms with Gasteiger partial charge in [-0.2, -0.15) is 0 Å². The van der Waals surface area contributed by atoms with Gasteiger partial charge in [-0.3, -0.25) is 10.1 Å². The lowest BCUT2D eigenvalue weighted by molar-refractivity contribution is 0.102. The first-order chi connectivity index (χ1) is 8.25. The Hall–Kier alpha value is -2.10. The fourth-order valence-corrected chi connectivity index (χ4v) is 1.22. The third-order valence-electron chi connectivity index (χ3n) is 2.04. The first kappa shape index (κ1) is 13.0. The topological polar surface area (TPSA) is 57.8 Å². The smallest absolute Gasteiger partial charge is 0.257 e. The average molecular weight is 231 g/mol. The Bertz CT molecular complexity index is 446. The first-order valence-electron chi connectivity index (χ1n) is 5.63. The number of rotatable bonds is 2. The molecule has 0 spiro atoms. The van der Waals surface area contributed by atoms with Crippen LogP contribution in [0.5, 0.6) is 0 Å². The van der Waals surface area contributed by atoms with Crippen molar-refractivity contribution in [2.45, 2.75) is 20.8 Å². The fourth-order valence-electron chi connectivity index (χ4n) is 1.22. The van der Waals surface area contributed by atoms with E-state index in [0.717, 1.165) is 5.56 Å². The maximum atomic E-state index is 11.7. The van der Waals surface area contributed by atoms with Crippen molar-refractivity contribution in [3.8, 4) is 0 Å². The first-order valence-corrected chi connectivity index (χ1v) is 5.63. The van der Waals surface area contributed by atoms with E-state index in [1.165, 1.54) is 0 Å². The molecule has 4 nitrogen and oxygen atoms in total. The number of aryl methyl sites for hydroxylation is 1. The van der Waals surface area contributed by atoms with Gasteiger partial charge in [0.25, 0.3) is 5.91 Å². The van der Waals surface area contributed by atoms with Crippen LogP contribution in [0.4, 0.5) is 5.95 Å². The number of anilines is 1. The number of H-pyrrole nitrogens is 1. The molecule has 1 aromatic carbocycles. The summed E-state index contributed by atoms with van der Waals surface area (Å²) >= 11 is 0. The highest BCUT2D eigenvalue weighted by molar-refractivity contribution is 6.03. The number of nitrogens with zero attached hydrogens (tertiary/aromatic N) is 1. The second-order valence-electron chi connectivity index (χ2n) is 3.26. The molecule has 0 saturated carbocycles. The lowest BCUT2D eigenvalue weighted by Gasteiger charge is -2.01. The molecule has 0 atom stereocenters. The van der Waals surface area contributed by atoms with E-state index < -0.39 is 0 Å². The Morgan fingerprint density at radius 2 is 1.88 bits per heavy atom. The molecule has 2 N–H and O–H groups in total. The van der Waals surface area contributed by atoms with Gasteiger partial charge in [0.1, 0.15) is 0 Å². The number of amides is 1. The summed E-state index contributed by atoms with van der Waals surface area (Å²) in [5.74, 6) is 0.297. The van der Waals surface area contributed by atoms with Crippen LogP contribution < -0.4 is 5.32 Å². The van der Waals surface area contributed by atoms with Crippen LogP contribution in [-0.2, 0) is 0 Å². The number of carbonyl (C=O) groups excluding carboxylic acids is 1. The van der Waals surface area contributed by atoms with E-state index in [1.54, 1.807) is 24.5 Å². The summed E-state index contributed by atoms with van der Waals surface area (Å²) in [5.41, 5.74) is 1.75. The highest BCUT2D eigenvalue weighted by Crippen LogP contribution is 2.05. The van der Waals surface area contributed by atoms with E-state index in [4.69, 9.17) is 0 Å². The molecule has 0 fully saturated rings. The third kappa shape index (κ3) is 3.75. The zero-order valence-electron chi connectivity index (χ0n) is 10.3. The van der Waals surface area contributed by atoms with E-state index in [9.17, 15) is 4.79 Å². The van der Waals surface area contributed by atoms with E-state index >= 15 is 0 Å². The maximum absolute atomic E-state index is 11.7. The summed E-state index contributed by atoms with van der Waals surface area (Å²) in [6, 6.07) is 7.37. The van der Waals surface area contributed by atoms with E-state index in [-0.39, 0.29) is 5.91 Å². The van der Waals surface area contributed by atoms with Crippen LogP contribution in [0.25, 0.3) is 0 Å². The van der Waals surface area contributed by atoms with Gasteiger partial charge < -0.3 is 4.98 Å². The van der Waals surface area contributed by atoms with Gasteiger partial charge in [-0.15, -0.1) is 0 Å². The number of hydrogen-bond acceptors (Lipinski definition) is 2. The quantitative estimate of drug-likeness (QED) is 0.834. The van der Waals surface area contributed by atoms with Crippen LogP contribution in [0.3, 0.4) is 0 Å². The minimum atomic E-state index is -0.162. The summed E-state index contributed by atoms with van der Waals surface area (Å²) in [7, 11) is 0. The van der Waals surface area contributed by atoms with Crippen molar-refractivity contribution in [2.24, 2.45) is 0 Å². The Labute approximate surface area is 101 Å². The Balaban J connectivity index is 0.000000686. The van der Waals surface area contributed by atoms with Crippen molar-refractivity contribution in [1.29, 1.82) is 0 Å². The van der Waals surface area contributed by atoms with Crippen molar-refractivity contribution in [3.63, 3.8) is 0 Å². The van der Waals surface area contributed by atoms with Crippen molar-refractivity contribution in [1.82, 2.24) is 9.97 Å². The number of carbonyl (C=O) groups is 1. The molecule has 17 heavy (non-hydrogen) atoms. The highest BCUT2D eigenvalue weighted by atomic mass is 16.1. The normalized spacial score (nSPS) is 9.12. The largest absolute Gasteiger partial charge is 0.331 e. The molecule has 0 radical (unpaired) electrons. The second-order valence-corrected chi connectivity index (χ2v) is 3.26. The van der Waals surface area contributed by atoms with Crippen LogP contribution in [0.15, 0.2) is 36.7 Å². The lowest BCUT2D eigenvalue weighted by Crippen LogP contribution is -2.12. The summed E-state index contributed by atoms with van der Waals surface area (Å²) in [6.07, 6.45) is 3.25. The summed E-state index contributed by atoms with van der Waals surface area (Å²) in [5, 5.41) is 2.65. The van der Waals surface area contributed by atoms with Gasteiger partial charge in [0, 0.05) is 18.0 Å². The highest BCUT2D eigenvalue weighted by Gasteiger charge is 2.05. The Kier molecular flexibility index (Phi) is 4.94. The molecule has 1 aromatic heterocycles. The summed E-state index contributed by atoms with van der Waals surface area (Å²) < 4.78 is 0. The van der Waals surface area contributed by atoms with Crippen LogP contribution in [0.2, 0.25) is 0 Å². The average Bonchev–Trinajstić information content (AvgIpc) is 2.85. The van der Waals surface area contributed by atoms with E-state index in [0.29, 0.717) is 11.5 Å².